The van der Waals surface area contributed by atoms with E-state index in [4.69, 9.17) is 14.6 Å². The second-order valence-electron chi connectivity index (χ2n) is 9.10. The summed E-state index contributed by atoms with van der Waals surface area (Å²) < 4.78 is 11.0. The first-order valence-corrected chi connectivity index (χ1v) is 13.1. The van der Waals surface area contributed by atoms with Gasteiger partial charge in [-0.15, -0.1) is 0 Å². The van der Waals surface area contributed by atoms with Gasteiger partial charge in [0.1, 0.15) is 24.4 Å². The fraction of sp³-hybridized carbons (Fsp3) is 0.923. The van der Waals surface area contributed by atoms with E-state index in [0.717, 1.165) is 19.3 Å². The molecule has 5 nitrogen and oxygen atoms in total. The molecular weight excluding hydrogens is 392 g/mol. The molecule has 0 radical (unpaired) electrons. The van der Waals surface area contributed by atoms with E-state index in [9.17, 15) is 10.2 Å². The summed E-state index contributed by atoms with van der Waals surface area (Å²) in [4.78, 5) is 0. The maximum absolute atomic E-state index is 9.90. The van der Waals surface area contributed by atoms with Gasteiger partial charge in [-0.05, 0) is 32.1 Å². The third-order valence-electron chi connectivity index (χ3n) is 6.20. The molecule has 1 heterocycles. The lowest BCUT2D eigenvalue weighted by molar-refractivity contribution is -0.0938. The highest BCUT2D eigenvalue weighted by molar-refractivity contribution is 4.89. The standard InChI is InChI=1S/C26H50O5/c1-2-3-4-5-6-7-8-9-10-11-12-13-14-15-16-17-18-19-20-30-26-24(29)22-31-25(26)23(28)21-27/h13-14,23-29H,2-12,15-22H2,1H3/b14-13+/t23-,24+,25+,26+/m1/s1. The molecule has 1 aliphatic rings. The Hall–Kier alpha value is -0.460. The number of ether oxygens (including phenoxy) is 2. The second kappa shape index (κ2) is 20.2. The van der Waals surface area contributed by atoms with Gasteiger partial charge in [-0.1, -0.05) is 89.7 Å². The van der Waals surface area contributed by atoms with Gasteiger partial charge in [-0.25, -0.2) is 0 Å². The van der Waals surface area contributed by atoms with Gasteiger partial charge in [0, 0.05) is 6.61 Å². The molecule has 1 fully saturated rings. The van der Waals surface area contributed by atoms with Gasteiger partial charge < -0.3 is 24.8 Å². The summed E-state index contributed by atoms with van der Waals surface area (Å²) in [6.45, 7) is 2.59. The molecule has 0 saturated carbocycles. The first-order valence-electron chi connectivity index (χ1n) is 13.1. The number of rotatable bonds is 21. The number of unbranched alkanes of at least 4 members (excludes halogenated alkanes) is 14. The highest BCUT2D eigenvalue weighted by Crippen LogP contribution is 2.21. The fourth-order valence-electron chi connectivity index (χ4n) is 4.18. The van der Waals surface area contributed by atoms with Crippen LogP contribution in [0.5, 0.6) is 0 Å². The Balaban J connectivity index is 1.84. The monoisotopic (exact) mass is 442 g/mol. The van der Waals surface area contributed by atoms with Crippen LogP contribution < -0.4 is 0 Å². The van der Waals surface area contributed by atoms with Crippen LogP contribution in [0.15, 0.2) is 12.2 Å². The molecule has 0 aromatic carbocycles. The van der Waals surface area contributed by atoms with Gasteiger partial charge in [-0.3, -0.25) is 0 Å². The average Bonchev–Trinajstić information content (AvgIpc) is 3.15. The Morgan fingerprint density at radius 1 is 0.839 bits per heavy atom. The molecule has 0 aliphatic carbocycles. The molecule has 1 aliphatic heterocycles. The Kier molecular flexibility index (Phi) is 18.6. The first-order chi connectivity index (χ1) is 15.2. The van der Waals surface area contributed by atoms with Crippen molar-refractivity contribution in [2.75, 3.05) is 19.8 Å². The molecule has 1 saturated heterocycles. The molecule has 0 spiro atoms. The lowest BCUT2D eigenvalue weighted by atomic mass is 10.1. The molecule has 0 aromatic heterocycles. The third-order valence-corrected chi connectivity index (χ3v) is 6.20. The lowest BCUT2D eigenvalue weighted by Crippen LogP contribution is -2.42. The average molecular weight is 443 g/mol. The van der Waals surface area contributed by atoms with Crippen molar-refractivity contribution in [2.45, 2.75) is 134 Å². The maximum Gasteiger partial charge on any atom is 0.114 e. The summed E-state index contributed by atoms with van der Waals surface area (Å²) in [6, 6.07) is 0. The van der Waals surface area contributed by atoms with Crippen LogP contribution in [0.3, 0.4) is 0 Å². The van der Waals surface area contributed by atoms with Crippen LogP contribution in [0.1, 0.15) is 110 Å². The second-order valence-corrected chi connectivity index (χ2v) is 9.10. The molecular formula is C26H50O5. The minimum absolute atomic E-state index is 0.151. The highest BCUT2D eigenvalue weighted by Gasteiger charge is 2.40. The van der Waals surface area contributed by atoms with Crippen molar-refractivity contribution < 1.29 is 24.8 Å². The maximum atomic E-state index is 9.90. The largest absolute Gasteiger partial charge is 0.394 e. The van der Waals surface area contributed by atoms with Crippen molar-refractivity contribution in [1.82, 2.24) is 0 Å². The minimum Gasteiger partial charge on any atom is -0.394 e. The number of aliphatic hydroxyl groups is 3. The first kappa shape index (κ1) is 28.6. The summed E-state index contributed by atoms with van der Waals surface area (Å²) in [6.07, 6.45) is 22.5. The summed E-state index contributed by atoms with van der Waals surface area (Å²) in [5.41, 5.74) is 0. The Bertz CT molecular complexity index is 415. The summed E-state index contributed by atoms with van der Waals surface area (Å²) >= 11 is 0. The van der Waals surface area contributed by atoms with E-state index in [1.165, 1.54) is 83.5 Å². The van der Waals surface area contributed by atoms with E-state index in [2.05, 4.69) is 19.1 Å². The number of aliphatic hydroxyl groups excluding tert-OH is 3. The predicted octanol–water partition coefficient (Wildman–Crippen LogP) is 5.30. The SMILES string of the molecule is CCCCCCCCCCCC/C=C/CCCCCCO[C@@H]1[C@H]([C@H](O)CO)OC[C@@H]1O. The highest BCUT2D eigenvalue weighted by atomic mass is 16.6. The van der Waals surface area contributed by atoms with Gasteiger partial charge in [-0.2, -0.15) is 0 Å². The van der Waals surface area contributed by atoms with Gasteiger partial charge >= 0.3 is 0 Å². The molecule has 4 atom stereocenters. The van der Waals surface area contributed by atoms with Crippen molar-refractivity contribution >= 4 is 0 Å². The summed E-state index contributed by atoms with van der Waals surface area (Å²) in [7, 11) is 0. The van der Waals surface area contributed by atoms with E-state index in [1.54, 1.807) is 0 Å². The van der Waals surface area contributed by atoms with Gasteiger partial charge in [0.05, 0.1) is 13.2 Å². The predicted molar refractivity (Wildman–Crippen MR) is 127 cm³/mol. The molecule has 184 valence electrons. The minimum atomic E-state index is -1.01. The zero-order valence-corrected chi connectivity index (χ0v) is 20.1. The smallest absolute Gasteiger partial charge is 0.114 e. The molecule has 5 heteroatoms. The Labute approximate surface area is 191 Å². The van der Waals surface area contributed by atoms with Gasteiger partial charge in [0.25, 0.3) is 0 Å². The van der Waals surface area contributed by atoms with Crippen molar-refractivity contribution in [3.8, 4) is 0 Å². The van der Waals surface area contributed by atoms with Crippen LogP contribution in [0.25, 0.3) is 0 Å². The van der Waals surface area contributed by atoms with Crippen LogP contribution in [-0.4, -0.2) is 59.6 Å². The molecule has 31 heavy (non-hydrogen) atoms. The molecule has 1 rings (SSSR count). The molecule has 3 N–H and O–H groups in total. The topological polar surface area (TPSA) is 79.2 Å². The molecule has 0 aromatic rings. The van der Waals surface area contributed by atoms with E-state index in [1.807, 2.05) is 0 Å². The Morgan fingerprint density at radius 2 is 1.35 bits per heavy atom. The molecule has 0 unspecified atom stereocenters. The van der Waals surface area contributed by atoms with E-state index in [0.29, 0.717) is 6.61 Å². The van der Waals surface area contributed by atoms with Crippen molar-refractivity contribution in [3.63, 3.8) is 0 Å². The fourth-order valence-corrected chi connectivity index (χ4v) is 4.18. The van der Waals surface area contributed by atoms with Crippen LogP contribution >= 0.6 is 0 Å². The zero-order valence-electron chi connectivity index (χ0n) is 20.1. The quantitative estimate of drug-likeness (QED) is 0.166. The van der Waals surface area contributed by atoms with Crippen LogP contribution in [0.4, 0.5) is 0 Å². The number of hydrogen-bond acceptors (Lipinski definition) is 5. The zero-order chi connectivity index (χ0) is 22.6. The van der Waals surface area contributed by atoms with Gasteiger partial charge in [0.2, 0.25) is 0 Å². The van der Waals surface area contributed by atoms with Gasteiger partial charge in [0.15, 0.2) is 0 Å². The van der Waals surface area contributed by atoms with Crippen molar-refractivity contribution in [1.29, 1.82) is 0 Å². The normalized spacial score (nSPS) is 22.5. The Morgan fingerprint density at radius 3 is 1.90 bits per heavy atom. The number of allylic oxidation sites excluding steroid dienone is 2. The third kappa shape index (κ3) is 14.3. The molecule has 0 bridgehead atoms. The van der Waals surface area contributed by atoms with E-state index >= 15 is 0 Å². The van der Waals surface area contributed by atoms with Crippen molar-refractivity contribution in [3.05, 3.63) is 12.2 Å². The van der Waals surface area contributed by atoms with E-state index < -0.39 is 24.4 Å². The van der Waals surface area contributed by atoms with Crippen LogP contribution in [-0.2, 0) is 9.47 Å². The summed E-state index contributed by atoms with van der Waals surface area (Å²) in [5, 5.41) is 28.7. The van der Waals surface area contributed by atoms with Crippen LogP contribution in [0, 0.1) is 0 Å². The van der Waals surface area contributed by atoms with E-state index in [-0.39, 0.29) is 13.2 Å². The molecule has 0 amide bonds. The summed E-state index contributed by atoms with van der Waals surface area (Å²) in [5.74, 6) is 0. The lowest BCUT2D eigenvalue weighted by Gasteiger charge is -2.23. The van der Waals surface area contributed by atoms with Crippen molar-refractivity contribution in [2.24, 2.45) is 0 Å². The van der Waals surface area contributed by atoms with Crippen LogP contribution in [0.2, 0.25) is 0 Å². The number of hydrogen-bond donors (Lipinski definition) is 3.